The van der Waals surface area contributed by atoms with E-state index in [1.807, 2.05) is 6.92 Å². The molecule has 1 aliphatic carbocycles. The SMILES string of the molecule is C=C1C[C@H](Sc2cc(C(=O)Nc3cc(F)c(F)c(F)c3)ccc2Cl)CC(C)[C@]1(O)CCO. The van der Waals surface area contributed by atoms with Crippen LogP contribution in [0.4, 0.5) is 18.9 Å². The van der Waals surface area contributed by atoms with Crippen LogP contribution in [0.25, 0.3) is 0 Å². The zero-order chi connectivity index (χ0) is 23.6. The van der Waals surface area contributed by atoms with Crippen LogP contribution in [-0.4, -0.2) is 33.6 Å². The molecular weight excluding hydrogens is 463 g/mol. The number of benzene rings is 2. The van der Waals surface area contributed by atoms with Gasteiger partial charge in [-0.3, -0.25) is 4.79 Å². The summed E-state index contributed by atoms with van der Waals surface area (Å²) in [6, 6.07) is 5.99. The van der Waals surface area contributed by atoms with E-state index in [1.54, 1.807) is 12.1 Å². The number of aliphatic hydroxyl groups is 2. The summed E-state index contributed by atoms with van der Waals surface area (Å²) in [5.41, 5.74) is -0.470. The summed E-state index contributed by atoms with van der Waals surface area (Å²) in [6.45, 7) is 5.77. The Morgan fingerprint density at radius 2 is 1.94 bits per heavy atom. The molecule has 0 aromatic heterocycles. The minimum absolute atomic E-state index is 0.0487. The molecule has 172 valence electrons. The number of nitrogens with one attached hydrogen (secondary N) is 1. The second kappa shape index (κ2) is 9.87. The van der Waals surface area contributed by atoms with E-state index in [-0.39, 0.29) is 35.4 Å². The molecule has 0 aliphatic heterocycles. The quantitative estimate of drug-likeness (QED) is 0.369. The Morgan fingerprint density at radius 1 is 1.28 bits per heavy atom. The van der Waals surface area contributed by atoms with E-state index in [0.29, 0.717) is 40.5 Å². The van der Waals surface area contributed by atoms with Crippen molar-refractivity contribution in [1.82, 2.24) is 0 Å². The van der Waals surface area contributed by atoms with Gasteiger partial charge in [0.25, 0.3) is 5.91 Å². The monoisotopic (exact) mass is 485 g/mol. The fraction of sp³-hybridized carbons (Fsp3) is 0.348. The van der Waals surface area contributed by atoms with Gasteiger partial charge >= 0.3 is 0 Å². The maximum Gasteiger partial charge on any atom is 0.255 e. The lowest BCUT2D eigenvalue weighted by Crippen LogP contribution is -2.44. The van der Waals surface area contributed by atoms with Crippen molar-refractivity contribution in [3.63, 3.8) is 0 Å². The van der Waals surface area contributed by atoms with Crippen LogP contribution in [0, 0.1) is 23.4 Å². The number of hydrogen-bond acceptors (Lipinski definition) is 4. The smallest absolute Gasteiger partial charge is 0.255 e. The highest BCUT2D eigenvalue weighted by atomic mass is 35.5. The number of anilines is 1. The van der Waals surface area contributed by atoms with Crippen molar-refractivity contribution in [3.8, 4) is 0 Å². The zero-order valence-corrected chi connectivity index (χ0v) is 18.9. The maximum atomic E-state index is 13.4. The molecule has 0 spiro atoms. The maximum absolute atomic E-state index is 13.4. The molecule has 9 heteroatoms. The molecule has 0 saturated heterocycles. The molecule has 2 aromatic carbocycles. The van der Waals surface area contributed by atoms with Crippen molar-refractivity contribution >= 4 is 35.0 Å². The van der Waals surface area contributed by atoms with Crippen LogP contribution in [0.5, 0.6) is 0 Å². The number of halogens is 4. The van der Waals surface area contributed by atoms with Gasteiger partial charge in [-0.05, 0) is 42.5 Å². The fourth-order valence-electron chi connectivity index (χ4n) is 3.90. The van der Waals surface area contributed by atoms with Crippen LogP contribution in [0.2, 0.25) is 5.02 Å². The van der Waals surface area contributed by atoms with Crippen LogP contribution in [0.15, 0.2) is 47.4 Å². The number of rotatable bonds is 6. The Labute approximate surface area is 193 Å². The highest BCUT2D eigenvalue weighted by molar-refractivity contribution is 8.00. The highest BCUT2D eigenvalue weighted by Crippen LogP contribution is 2.46. The zero-order valence-electron chi connectivity index (χ0n) is 17.3. The highest BCUT2D eigenvalue weighted by Gasteiger charge is 2.42. The minimum atomic E-state index is -1.61. The number of thioether (sulfide) groups is 1. The molecule has 4 nitrogen and oxygen atoms in total. The largest absolute Gasteiger partial charge is 0.396 e. The molecule has 32 heavy (non-hydrogen) atoms. The molecule has 1 fully saturated rings. The second-order valence-electron chi connectivity index (χ2n) is 7.94. The van der Waals surface area contributed by atoms with Crippen LogP contribution < -0.4 is 5.32 Å². The van der Waals surface area contributed by atoms with Crippen molar-refractivity contribution < 1.29 is 28.2 Å². The van der Waals surface area contributed by atoms with Gasteiger partial charge in [-0.15, -0.1) is 11.8 Å². The first-order chi connectivity index (χ1) is 15.0. The van der Waals surface area contributed by atoms with Gasteiger partial charge in [-0.1, -0.05) is 25.1 Å². The number of carbonyl (C=O) groups excluding carboxylic acids is 1. The number of hydrogen-bond donors (Lipinski definition) is 3. The summed E-state index contributed by atoms with van der Waals surface area (Å²) >= 11 is 7.77. The molecule has 0 bridgehead atoms. The Morgan fingerprint density at radius 3 is 2.53 bits per heavy atom. The first-order valence-electron chi connectivity index (χ1n) is 9.98. The van der Waals surface area contributed by atoms with Crippen LogP contribution in [0.1, 0.15) is 36.5 Å². The summed E-state index contributed by atoms with van der Waals surface area (Å²) in [5.74, 6) is -5.17. The third kappa shape index (κ3) is 5.14. The molecule has 1 saturated carbocycles. The summed E-state index contributed by atoms with van der Waals surface area (Å²) in [6.07, 6.45) is 1.40. The predicted molar refractivity (Wildman–Crippen MR) is 120 cm³/mol. The third-order valence-corrected chi connectivity index (χ3v) is 7.47. The first-order valence-corrected chi connectivity index (χ1v) is 11.2. The number of amides is 1. The lowest BCUT2D eigenvalue weighted by atomic mass is 9.71. The molecule has 2 aromatic rings. The van der Waals surface area contributed by atoms with Gasteiger partial charge in [0.05, 0.1) is 10.6 Å². The molecule has 1 amide bonds. The molecule has 3 atom stereocenters. The second-order valence-corrected chi connectivity index (χ2v) is 9.68. The summed E-state index contributed by atoms with van der Waals surface area (Å²) in [7, 11) is 0. The predicted octanol–water partition coefficient (Wildman–Crippen LogP) is 5.57. The number of carbonyl (C=O) groups is 1. The Hall–Kier alpha value is -2.00. The van der Waals surface area contributed by atoms with Crippen LogP contribution in [-0.2, 0) is 0 Å². The van der Waals surface area contributed by atoms with Crippen LogP contribution >= 0.6 is 23.4 Å². The van der Waals surface area contributed by atoms with Gasteiger partial charge in [-0.25, -0.2) is 13.2 Å². The van der Waals surface area contributed by atoms with Crippen molar-refractivity contribution in [1.29, 1.82) is 0 Å². The fourth-order valence-corrected chi connectivity index (χ4v) is 5.56. The van der Waals surface area contributed by atoms with Gasteiger partial charge in [0, 0.05) is 46.6 Å². The van der Waals surface area contributed by atoms with Gasteiger partial charge in [0.2, 0.25) is 0 Å². The van der Waals surface area contributed by atoms with Gasteiger partial charge < -0.3 is 15.5 Å². The molecule has 1 aliphatic rings. The molecule has 3 rings (SSSR count). The lowest BCUT2D eigenvalue weighted by Gasteiger charge is -2.43. The van der Waals surface area contributed by atoms with E-state index in [4.69, 9.17) is 11.6 Å². The average Bonchev–Trinajstić information content (AvgIpc) is 2.72. The molecule has 0 heterocycles. The Kier molecular flexibility index (Phi) is 7.60. The van der Waals surface area contributed by atoms with Crippen LogP contribution in [0.3, 0.4) is 0 Å². The molecule has 0 radical (unpaired) electrons. The lowest BCUT2D eigenvalue weighted by molar-refractivity contribution is -0.0138. The summed E-state index contributed by atoms with van der Waals surface area (Å²) in [4.78, 5) is 13.2. The summed E-state index contributed by atoms with van der Waals surface area (Å²) in [5, 5.41) is 22.9. The van der Waals surface area contributed by atoms with Crippen molar-refractivity contribution in [3.05, 3.63) is 70.5 Å². The van der Waals surface area contributed by atoms with E-state index in [1.165, 1.54) is 17.8 Å². The minimum Gasteiger partial charge on any atom is -0.396 e. The average molecular weight is 486 g/mol. The van der Waals surface area contributed by atoms with E-state index in [2.05, 4.69) is 11.9 Å². The third-order valence-electron chi connectivity index (χ3n) is 5.74. The Bertz CT molecular complexity index is 1030. The molecular formula is C23H23ClF3NO3S. The van der Waals surface area contributed by atoms with E-state index in [9.17, 15) is 28.2 Å². The van der Waals surface area contributed by atoms with E-state index < -0.39 is 29.0 Å². The first kappa shape index (κ1) is 24.6. The topological polar surface area (TPSA) is 69.6 Å². The van der Waals surface area contributed by atoms with E-state index >= 15 is 0 Å². The van der Waals surface area contributed by atoms with Gasteiger partial charge in [-0.2, -0.15) is 0 Å². The standard InChI is InChI=1S/C23H23ClF3NO3S/c1-12-7-16(8-13(2)23(12,31)5-6-29)32-20-9-14(3-4-17(20)24)22(30)28-15-10-18(25)21(27)19(26)11-15/h3-4,9-11,13,16,29,31H,1,5-8H2,2H3,(H,28,30)/t13?,16-,23-/m0/s1. The molecule has 1 unspecified atom stereocenters. The number of aliphatic hydroxyl groups excluding tert-OH is 1. The van der Waals surface area contributed by atoms with Gasteiger partial charge in [0.1, 0.15) is 0 Å². The van der Waals surface area contributed by atoms with Crippen molar-refractivity contribution in [2.24, 2.45) is 5.92 Å². The molecule has 3 N–H and O–H groups in total. The Balaban J connectivity index is 1.75. The van der Waals surface area contributed by atoms with E-state index in [0.717, 1.165) is 0 Å². The van der Waals surface area contributed by atoms with Crippen molar-refractivity contribution in [2.75, 3.05) is 11.9 Å². The van der Waals surface area contributed by atoms with Gasteiger partial charge in [0.15, 0.2) is 17.5 Å². The van der Waals surface area contributed by atoms with Crippen molar-refractivity contribution in [2.45, 2.75) is 41.9 Å². The summed E-state index contributed by atoms with van der Waals surface area (Å²) < 4.78 is 39.9. The normalized spacial score (nSPS) is 23.3.